The van der Waals surface area contributed by atoms with Crippen LogP contribution in [-0.2, 0) is 6.54 Å². The molecule has 1 aliphatic heterocycles. The molecule has 20 heavy (non-hydrogen) atoms. The molecule has 0 spiro atoms. The lowest BCUT2D eigenvalue weighted by molar-refractivity contribution is 0.252. The Morgan fingerprint density at radius 2 is 2.05 bits per heavy atom. The number of nitrogens with one attached hydrogen (secondary N) is 1. The zero-order valence-electron chi connectivity index (χ0n) is 10.9. The van der Waals surface area contributed by atoms with Crippen LogP contribution >= 0.6 is 11.6 Å². The third-order valence-corrected chi connectivity index (χ3v) is 3.82. The van der Waals surface area contributed by atoms with E-state index in [-0.39, 0.29) is 16.9 Å². The van der Waals surface area contributed by atoms with Crippen molar-refractivity contribution in [2.75, 3.05) is 6.61 Å². The Bertz CT molecular complexity index is 617. The molecule has 0 saturated heterocycles. The maximum Gasteiger partial charge on any atom is 0.146 e. The van der Waals surface area contributed by atoms with E-state index >= 15 is 0 Å². The van der Waals surface area contributed by atoms with Gasteiger partial charge in [0.15, 0.2) is 0 Å². The summed E-state index contributed by atoms with van der Waals surface area (Å²) < 4.78 is 19.5. The average Bonchev–Trinajstić information content (AvgIpc) is 2.49. The van der Waals surface area contributed by atoms with Crippen LogP contribution in [0, 0.1) is 5.82 Å². The zero-order valence-corrected chi connectivity index (χ0v) is 11.7. The molecule has 104 valence electrons. The third kappa shape index (κ3) is 2.65. The highest BCUT2D eigenvalue weighted by Crippen LogP contribution is 2.31. The number of halogens is 2. The molecule has 0 amide bonds. The van der Waals surface area contributed by atoms with Crippen LogP contribution in [0.3, 0.4) is 0 Å². The fourth-order valence-electron chi connectivity index (χ4n) is 2.47. The SMILES string of the molecule is Fc1c(Cl)cccc1CNC1CCOc2ccccc21. The van der Waals surface area contributed by atoms with E-state index in [0.29, 0.717) is 18.7 Å². The lowest BCUT2D eigenvalue weighted by Crippen LogP contribution is -2.27. The molecule has 2 aromatic carbocycles. The molecule has 1 aliphatic rings. The maximum atomic E-state index is 13.9. The first kappa shape index (κ1) is 13.4. The largest absolute Gasteiger partial charge is 0.493 e. The number of rotatable bonds is 3. The van der Waals surface area contributed by atoms with Crippen LogP contribution in [0.5, 0.6) is 5.75 Å². The number of hydrogen-bond donors (Lipinski definition) is 1. The van der Waals surface area contributed by atoms with Crippen molar-refractivity contribution in [3.8, 4) is 5.75 Å². The molecular formula is C16H15ClFNO. The highest BCUT2D eigenvalue weighted by atomic mass is 35.5. The van der Waals surface area contributed by atoms with Gasteiger partial charge in [0.2, 0.25) is 0 Å². The second-order valence-electron chi connectivity index (χ2n) is 4.82. The molecule has 0 aliphatic carbocycles. The molecule has 1 heterocycles. The normalized spacial score (nSPS) is 17.4. The van der Waals surface area contributed by atoms with Gasteiger partial charge in [0.05, 0.1) is 11.6 Å². The molecule has 2 aromatic rings. The Morgan fingerprint density at radius 1 is 1.20 bits per heavy atom. The zero-order chi connectivity index (χ0) is 13.9. The Hall–Kier alpha value is -1.58. The summed E-state index contributed by atoms with van der Waals surface area (Å²) in [6.45, 7) is 1.12. The number of hydrogen-bond acceptors (Lipinski definition) is 2. The third-order valence-electron chi connectivity index (χ3n) is 3.53. The summed E-state index contributed by atoms with van der Waals surface area (Å²) in [6.07, 6.45) is 0.874. The second kappa shape index (κ2) is 5.81. The van der Waals surface area contributed by atoms with Crippen LogP contribution in [0.2, 0.25) is 5.02 Å². The summed E-state index contributed by atoms with van der Waals surface area (Å²) in [6, 6.07) is 13.2. The molecule has 0 saturated carbocycles. The van der Waals surface area contributed by atoms with Gasteiger partial charge in [-0.3, -0.25) is 0 Å². The Balaban J connectivity index is 1.75. The van der Waals surface area contributed by atoms with Crippen LogP contribution in [0.15, 0.2) is 42.5 Å². The maximum absolute atomic E-state index is 13.9. The van der Waals surface area contributed by atoms with Crippen molar-refractivity contribution in [2.24, 2.45) is 0 Å². The summed E-state index contributed by atoms with van der Waals surface area (Å²) in [7, 11) is 0. The van der Waals surface area contributed by atoms with Crippen molar-refractivity contribution in [2.45, 2.75) is 19.0 Å². The van der Waals surface area contributed by atoms with Crippen LogP contribution in [0.4, 0.5) is 4.39 Å². The standard InChI is InChI=1S/C16H15ClFNO/c17-13-6-3-4-11(16(13)18)10-19-14-8-9-20-15-7-2-1-5-12(14)15/h1-7,14,19H,8-10H2. The molecule has 4 heteroatoms. The van der Waals surface area contributed by atoms with Gasteiger partial charge in [-0.15, -0.1) is 0 Å². The Labute approximate surface area is 122 Å². The van der Waals surface area contributed by atoms with Gasteiger partial charge in [-0.1, -0.05) is 41.9 Å². The van der Waals surface area contributed by atoms with E-state index in [1.807, 2.05) is 24.3 Å². The van der Waals surface area contributed by atoms with E-state index in [1.165, 1.54) is 0 Å². The summed E-state index contributed by atoms with van der Waals surface area (Å²) in [5, 5.41) is 3.55. The molecule has 0 aromatic heterocycles. The van der Waals surface area contributed by atoms with Gasteiger partial charge in [0.1, 0.15) is 11.6 Å². The fourth-order valence-corrected chi connectivity index (χ4v) is 2.67. The fraction of sp³-hybridized carbons (Fsp3) is 0.250. The van der Waals surface area contributed by atoms with Crippen molar-refractivity contribution in [1.29, 1.82) is 0 Å². The van der Waals surface area contributed by atoms with Gasteiger partial charge >= 0.3 is 0 Å². The molecule has 0 bridgehead atoms. The first-order valence-electron chi connectivity index (χ1n) is 6.63. The van der Waals surface area contributed by atoms with Crippen molar-refractivity contribution in [3.63, 3.8) is 0 Å². The summed E-state index contributed by atoms with van der Waals surface area (Å²) >= 11 is 5.79. The van der Waals surface area contributed by atoms with Gasteiger partial charge in [-0.25, -0.2) is 4.39 Å². The van der Waals surface area contributed by atoms with Gasteiger partial charge in [0, 0.05) is 30.1 Å². The quantitative estimate of drug-likeness (QED) is 0.919. The molecule has 0 fully saturated rings. The summed E-state index contributed by atoms with van der Waals surface area (Å²) in [5.41, 5.74) is 1.71. The van der Waals surface area contributed by atoms with Crippen molar-refractivity contribution in [3.05, 3.63) is 64.4 Å². The summed E-state index contributed by atoms with van der Waals surface area (Å²) in [4.78, 5) is 0. The first-order valence-corrected chi connectivity index (χ1v) is 7.01. The lowest BCUT2D eigenvalue weighted by Gasteiger charge is -2.26. The smallest absolute Gasteiger partial charge is 0.146 e. The molecule has 1 atom stereocenters. The van der Waals surface area contributed by atoms with E-state index in [9.17, 15) is 4.39 Å². The van der Waals surface area contributed by atoms with E-state index in [2.05, 4.69) is 5.32 Å². The minimum absolute atomic E-state index is 0.164. The number of benzene rings is 2. The van der Waals surface area contributed by atoms with Crippen LogP contribution < -0.4 is 10.1 Å². The summed E-state index contributed by atoms with van der Waals surface area (Å²) in [5.74, 6) is 0.560. The van der Waals surface area contributed by atoms with Gasteiger partial charge in [0.25, 0.3) is 0 Å². The molecule has 3 rings (SSSR count). The highest BCUT2D eigenvalue weighted by molar-refractivity contribution is 6.30. The van der Waals surface area contributed by atoms with Crippen molar-refractivity contribution in [1.82, 2.24) is 5.32 Å². The predicted molar refractivity (Wildman–Crippen MR) is 77.5 cm³/mol. The van der Waals surface area contributed by atoms with Crippen LogP contribution in [-0.4, -0.2) is 6.61 Å². The first-order chi connectivity index (χ1) is 9.75. The van der Waals surface area contributed by atoms with Gasteiger partial charge < -0.3 is 10.1 Å². The lowest BCUT2D eigenvalue weighted by atomic mass is 10.0. The highest BCUT2D eigenvalue weighted by Gasteiger charge is 2.20. The van der Waals surface area contributed by atoms with Gasteiger partial charge in [-0.2, -0.15) is 0 Å². The van der Waals surface area contributed by atoms with E-state index < -0.39 is 0 Å². The number of fused-ring (bicyclic) bond motifs is 1. The van der Waals surface area contributed by atoms with E-state index in [1.54, 1.807) is 18.2 Å². The predicted octanol–water partition coefficient (Wildman–Crippen LogP) is 4.09. The minimum atomic E-state index is -0.345. The number of para-hydroxylation sites is 1. The Kier molecular flexibility index (Phi) is 3.90. The van der Waals surface area contributed by atoms with E-state index in [0.717, 1.165) is 17.7 Å². The molecule has 1 unspecified atom stereocenters. The Morgan fingerprint density at radius 3 is 2.95 bits per heavy atom. The van der Waals surface area contributed by atoms with Crippen LogP contribution in [0.25, 0.3) is 0 Å². The van der Waals surface area contributed by atoms with Gasteiger partial charge in [-0.05, 0) is 12.1 Å². The topological polar surface area (TPSA) is 21.3 Å². The molecule has 0 radical (unpaired) electrons. The van der Waals surface area contributed by atoms with Crippen molar-refractivity contribution >= 4 is 11.6 Å². The molecule has 1 N–H and O–H groups in total. The monoisotopic (exact) mass is 291 g/mol. The molecular weight excluding hydrogens is 277 g/mol. The van der Waals surface area contributed by atoms with Crippen LogP contribution in [0.1, 0.15) is 23.6 Å². The average molecular weight is 292 g/mol. The second-order valence-corrected chi connectivity index (χ2v) is 5.23. The number of ether oxygens (including phenoxy) is 1. The van der Waals surface area contributed by atoms with E-state index in [4.69, 9.17) is 16.3 Å². The van der Waals surface area contributed by atoms with Crippen molar-refractivity contribution < 1.29 is 9.13 Å². The minimum Gasteiger partial charge on any atom is -0.493 e. The molecule has 2 nitrogen and oxygen atoms in total.